The molecule has 0 saturated carbocycles. The quantitative estimate of drug-likeness (QED) is 0.361. The smallest absolute Gasteiger partial charge is 0.228 e. The molecule has 0 aliphatic rings. The molecule has 8 heteroatoms. The van der Waals surface area contributed by atoms with Crippen LogP contribution in [0.5, 0.6) is 5.75 Å². The van der Waals surface area contributed by atoms with Gasteiger partial charge in [-0.2, -0.15) is 0 Å². The van der Waals surface area contributed by atoms with Crippen molar-refractivity contribution in [1.29, 1.82) is 0 Å². The molecule has 0 fully saturated rings. The fraction of sp³-hybridized carbons (Fsp3) is 0.208. The summed E-state index contributed by atoms with van der Waals surface area (Å²) in [7, 11) is 1.61. The highest BCUT2D eigenvalue weighted by atomic mass is 35.5. The number of imidazole rings is 1. The molecule has 164 valence electrons. The van der Waals surface area contributed by atoms with Crippen LogP contribution in [0.1, 0.15) is 25.2 Å². The highest BCUT2D eigenvalue weighted by Gasteiger charge is 2.21. The third-order valence-corrected chi connectivity index (χ3v) is 5.25. The summed E-state index contributed by atoms with van der Waals surface area (Å²) in [6, 6.07) is 14.8. The second kappa shape index (κ2) is 8.61. The average molecular weight is 450 g/mol. The van der Waals surface area contributed by atoms with E-state index in [1.165, 1.54) is 0 Å². The number of ether oxygens (including phenoxy) is 1. The maximum atomic E-state index is 10.6. The summed E-state index contributed by atoms with van der Waals surface area (Å²) in [5, 5.41) is 14.4. The second-order valence-corrected chi connectivity index (χ2v) is 8.34. The van der Waals surface area contributed by atoms with E-state index in [4.69, 9.17) is 16.3 Å². The van der Waals surface area contributed by atoms with Crippen LogP contribution in [0.15, 0.2) is 54.7 Å². The van der Waals surface area contributed by atoms with Crippen molar-refractivity contribution < 1.29 is 9.84 Å². The van der Waals surface area contributed by atoms with Crippen molar-refractivity contribution in [1.82, 2.24) is 19.9 Å². The first-order valence-corrected chi connectivity index (χ1v) is 10.5. The topological polar surface area (TPSA) is 95.9 Å². The number of aryl methyl sites for hydroxylation is 1. The average Bonchev–Trinajstić information content (AvgIpc) is 3.19. The van der Waals surface area contributed by atoms with E-state index < -0.39 is 5.60 Å². The van der Waals surface area contributed by atoms with Gasteiger partial charge < -0.3 is 20.1 Å². The minimum Gasteiger partial charge on any atom is -0.496 e. The molecule has 0 saturated heterocycles. The molecule has 0 aliphatic heterocycles. The molecule has 0 spiro atoms. The van der Waals surface area contributed by atoms with E-state index in [0.29, 0.717) is 28.1 Å². The number of H-pyrrole nitrogens is 1. The first-order valence-electron chi connectivity index (χ1n) is 10.1. The fourth-order valence-corrected chi connectivity index (χ4v) is 3.50. The predicted octanol–water partition coefficient (Wildman–Crippen LogP) is 5.48. The van der Waals surface area contributed by atoms with Crippen LogP contribution in [0, 0.1) is 6.92 Å². The Labute approximate surface area is 191 Å². The number of methoxy groups -OCH3 is 1. The van der Waals surface area contributed by atoms with Crippen LogP contribution in [-0.2, 0) is 5.60 Å². The van der Waals surface area contributed by atoms with Crippen molar-refractivity contribution in [2.45, 2.75) is 26.4 Å². The number of rotatable bonds is 6. The van der Waals surface area contributed by atoms with Crippen LogP contribution in [0.25, 0.3) is 22.6 Å². The number of nitrogens with zero attached hydrogens (tertiary/aromatic N) is 3. The Hall–Kier alpha value is -3.42. The zero-order valence-corrected chi connectivity index (χ0v) is 19.0. The number of aromatic nitrogens is 4. The molecular formula is C24H24ClN5O2. The summed E-state index contributed by atoms with van der Waals surface area (Å²) in [5.74, 6) is 1.71. The SMILES string of the molecule is COc1cc(Nc2nc(-c3ccccc3Cl)cc(C(C)(C)O)n2)ccc1-c1nc(C)c[nH]1. The number of aromatic amines is 1. The summed E-state index contributed by atoms with van der Waals surface area (Å²) in [6.07, 6.45) is 1.84. The monoisotopic (exact) mass is 449 g/mol. The van der Waals surface area contributed by atoms with Crippen molar-refractivity contribution >= 4 is 23.2 Å². The maximum absolute atomic E-state index is 10.6. The molecule has 0 aliphatic carbocycles. The van der Waals surface area contributed by atoms with E-state index in [-0.39, 0.29) is 0 Å². The molecule has 4 aromatic rings. The molecule has 0 bridgehead atoms. The normalized spacial score (nSPS) is 11.4. The van der Waals surface area contributed by atoms with Gasteiger partial charge in [-0.1, -0.05) is 29.8 Å². The first-order chi connectivity index (χ1) is 15.2. The molecule has 32 heavy (non-hydrogen) atoms. The van der Waals surface area contributed by atoms with Gasteiger partial charge in [0.1, 0.15) is 17.2 Å². The Balaban J connectivity index is 1.74. The molecule has 3 N–H and O–H groups in total. The summed E-state index contributed by atoms with van der Waals surface area (Å²) in [5.41, 5.74) is 3.15. The van der Waals surface area contributed by atoms with Gasteiger partial charge in [-0.25, -0.2) is 15.0 Å². The Morgan fingerprint density at radius 1 is 1.03 bits per heavy atom. The van der Waals surface area contributed by atoms with Crippen molar-refractivity contribution in [3.63, 3.8) is 0 Å². The van der Waals surface area contributed by atoms with Crippen molar-refractivity contribution in [2.24, 2.45) is 0 Å². The number of halogens is 1. The number of hydrogen-bond donors (Lipinski definition) is 3. The minimum absolute atomic E-state index is 0.336. The van der Waals surface area contributed by atoms with Gasteiger partial charge in [0.25, 0.3) is 0 Å². The number of anilines is 2. The van der Waals surface area contributed by atoms with E-state index in [2.05, 4.69) is 25.3 Å². The van der Waals surface area contributed by atoms with E-state index in [9.17, 15) is 5.11 Å². The summed E-state index contributed by atoms with van der Waals surface area (Å²) >= 11 is 6.39. The molecular weight excluding hydrogens is 426 g/mol. The zero-order valence-electron chi connectivity index (χ0n) is 18.3. The molecule has 2 aromatic heterocycles. The van der Waals surface area contributed by atoms with Gasteiger partial charge in [-0.15, -0.1) is 0 Å². The lowest BCUT2D eigenvalue weighted by atomic mass is 10.0. The largest absolute Gasteiger partial charge is 0.496 e. The molecule has 2 heterocycles. The standard InChI is InChI=1S/C24H24ClN5O2/c1-14-13-26-22(27-14)17-10-9-15(11-20(17)32-4)28-23-29-19(12-21(30-23)24(2,3)31)16-7-5-6-8-18(16)25/h5-13,31H,1-4H3,(H,26,27)(H,28,29,30). The van der Waals surface area contributed by atoms with Gasteiger partial charge in [0, 0.05) is 28.5 Å². The summed E-state index contributed by atoms with van der Waals surface area (Å²) in [4.78, 5) is 16.8. The van der Waals surface area contributed by atoms with Gasteiger partial charge in [-0.05, 0) is 45.0 Å². The molecule has 0 radical (unpaired) electrons. The van der Waals surface area contributed by atoms with Crippen molar-refractivity contribution in [3.8, 4) is 28.4 Å². The highest BCUT2D eigenvalue weighted by Crippen LogP contribution is 2.33. The minimum atomic E-state index is -1.16. The molecule has 0 amide bonds. The lowest BCUT2D eigenvalue weighted by Crippen LogP contribution is -2.19. The number of nitrogens with one attached hydrogen (secondary N) is 2. The van der Waals surface area contributed by atoms with E-state index >= 15 is 0 Å². The van der Waals surface area contributed by atoms with E-state index in [1.807, 2.05) is 49.5 Å². The molecule has 0 unspecified atom stereocenters. The van der Waals surface area contributed by atoms with Crippen LogP contribution >= 0.6 is 11.6 Å². The molecule has 4 rings (SSSR count). The van der Waals surface area contributed by atoms with Gasteiger partial charge in [0.2, 0.25) is 5.95 Å². The fourth-order valence-electron chi connectivity index (χ4n) is 3.27. The first kappa shape index (κ1) is 21.8. The van der Waals surface area contributed by atoms with E-state index in [1.54, 1.807) is 33.1 Å². The van der Waals surface area contributed by atoms with Crippen LogP contribution in [-0.4, -0.2) is 32.2 Å². The third kappa shape index (κ3) is 4.59. The Morgan fingerprint density at radius 2 is 1.81 bits per heavy atom. The van der Waals surface area contributed by atoms with Crippen LogP contribution in [0.4, 0.5) is 11.6 Å². The summed E-state index contributed by atoms with van der Waals surface area (Å²) < 4.78 is 5.58. The summed E-state index contributed by atoms with van der Waals surface area (Å²) in [6.45, 7) is 5.28. The number of benzene rings is 2. The lowest BCUT2D eigenvalue weighted by Gasteiger charge is -2.19. The third-order valence-electron chi connectivity index (χ3n) is 4.92. The molecule has 7 nitrogen and oxygen atoms in total. The number of aliphatic hydroxyl groups is 1. The van der Waals surface area contributed by atoms with Crippen LogP contribution in [0.3, 0.4) is 0 Å². The van der Waals surface area contributed by atoms with Crippen LogP contribution < -0.4 is 10.1 Å². The second-order valence-electron chi connectivity index (χ2n) is 7.93. The Kier molecular flexibility index (Phi) is 5.86. The highest BCUT2D eigenvalue weighted by molar-refractivity contribution is 6.33. The molecule has 0 atom stereocenters. The zero-order chi connectivity index (χ0) is 22.9. The number of hydrogen-bond acceptors (Lipinski definition) is 6. The molecule has 2 aromatic carbocycles. The maximum Gasteiger partial charge on any atom is 0.228 e. The van der Waals surface area contributed by atoms with E-state index in [0.717, 1.165) is 28.3 Å². The lowest BCUT2D eigenvalue weighted by molar-refractivity contribution is 0.0739. The predicted molar refractivity (Wildman–Crippen MR) is 126 cm³/mol. The van der Waals surface area contributed by atoms with Gasteiger partial charge in [0.05, 0.1) is 29.8 Å². The van der Waals surface area contributed by atoms with Gasteiger partial charge in [0.15, 0.2) is 0 Å². The van der Waals surface area contributed by atoms with Gasteiger partial charge >= 0.3 is 0 Å². The Morgan fingerprint density at radius 3 is 2.47 bits per heavy atom. The van der Waals surface area contributed by atoms with Crippen molar-refractivity contribution in [3.05, 3.63) is 71.1 Å². The van der Waals surface area contributed by atoms with Crippen molar-refractivity contribution in [2.75, 3.05) is 12.4 Å². The Bertz CT molecular complexity index is 1260. The van der Waals surface area contributed by atoms with Gasteiger partial charge in [-0.3, -0.25) is 0 Å². The van der Waals surface area contributed by atoms with Crippen LogP contribution in [0.2, 0.25) is 5.02 Å².